The topological polar surface area (TPSA) is 93.0 Å². The summed E-state index contributed by atoms with van der Waals surface area (Å²) in [6, 6.07) is 9.02. The first kappa shape index (κ1) is 18.3. The lowest BCUT2D eigenvalue weighted by Crippen LogP contribution is -2.24. The zero-order valence-electron chi connectivity index (χ0n) is 14.0. The summed E-state index contributed by atoms with van der Waals surface area (Å²) in [6.07, 6.45) is 1.57. The van der Waals surface area contributed by atoms with Crippen LogP contribution in [0.1, 0.15) is 17.1 Å². The van der Waals surface area contributed by atoms with Gasteiger partial charge in [0.1, 0.15) is 18.1 Å². The Morgan fingerprint density at radius 2 is 2.31 bits per heavy atom. The van der Waals surface area contributed by atoms with Gasteiger partial charge in [-0.05, 0) is 42.8 Å². The van der Waals surface area contributed by atoms with Crippen molar-refractivity contribution in [1.82, 2.24) is 20.5 Å². The minimum atomic E-state index is -0.120. The molecule has 2 heterocycles. The van der Waals surface area contributed by atoms with Crippen molar-refractivity contribution in [2.45, 2.75) is 25.2 Å². The fourth-order valence-corrected chi connectivity index (χ4v) is 2.81. The van der Waals surface area contributed by atoms with Crippen LogP contribution in [-0.4, -0.2) is 26.8 Å². The van der Waals surface area contributed by atoms with E-state index in [0.29, 0.717) is 34.1 Å². The standard InChI is InChI=1S/C17H17ClN4O3S/c1-11-7-12(4-5-14(11)18)25-9-15-20-17(22-21-15)26-10-16(23)19-8-13-3-2-6-24-13/h2-7H,8-10H2,1H3,(H,19,23)(H,20,21,22). The molecule has 0 aliphatic heterocycles. The van der Waals surface area contributed by atoms with Crippen LogP contribution in [0.4, 0.5) is 0 Å². The van der Waals surface area contributed by atoms with Gasteiger partial charge in [-0.15, -0.1) is 5.10 Å². The number of furan rings is 1. The van der Waals surface area contributed by atoms with Gasteiger partial charge in [0, 0.05) is 5.02 Å². The Morgan fingerprint density at radius 3 is 3.08 bits per heavy atom. The summed E-state index contributed by atoms with van der Waals surface area (Å²) in [5.74, 6) is 2.09. The third-order valence-corrected chi connectivity index (χ3v) is 4.66. The number of amides is 1. The van der Waals surface area contributed by atoms with E-state index in [4.69, 9.17) is 20.8 Å². The number of rotatable bonds is 8. The van der Waals surface area contributed by atoms with Crippen molar-refractivity contribution >= 4 is 29.3 Å². The number of aromatic nitrogens is 3. The zero-order chi connectivity index (χ0) is 18.4. The summed E-state index contributed by atoms with van der Waals surface area (Å²) >= 11 is 7.23. The van der Waals surface area contributed by atoms with Crippen molar-refractivity contribution in [3.63, 3.8) is 0 Å². The molecule has 136 valence electrons. The van der Waals surface area contributed by atoms with Crippen molar-refractivity contribution in [3.8, 4) is 5.75 Å². The van der Waals surface area contributed by atoms with E-state index in [-0.39, 0.29) is 18.3 Å². The second kappa shape index (κ2) is 8.77. The molecule has 0 atom stereocenters. The molecule has 0 aliphatic rings. The van der Waals surface area contributed by atoms with E-state index >= 15 is 0 Å². The molecule has 9 heteroatoms. The molecule has 0 radical (unpaired) electrons. The SMILES string of the molecule is Cc1cc(OCc2nc(SCC(=O)NCc3ccco3)n[nH]2)ccc1Cl. The molecule has 2 N–H and O–H groups in total. The second-order valence-corrected chi connectivity index (χ2v) is 6.76. The summed E-state index contributed by atoms with van der Waals surface area (Å²) in [5.41, 5.74) is 0.943. The van der Waals surface area contributed by atoms with Gasteiger partial charge >= 0.3 is 0 Å². The van der Waals surface area contributed by atoms with Gasteiger partial charge in [0.05, 0.1) is 18.6 Å². The first-order chi connectivity index (χ1) is 12.6. The number of thioether (sulfide) groups is 1. The number of H-pyrrole nitrogens is 1. The number of halogens is 1. The Balaban J connectivity index is 1.42. The maximum absolute atomic E-state index is 11.8. The van der Waals surface area contributed by atoms with E-state index in [2.05, 4.69) is 20.5 Å². The molecule has 0 spiro atoms. The van der Waals surface area contributed by atoms with Crippen LogP contribution in [0.15, 0.2) is 46.2 Å². The van der Waals surface area contributed by atoms with Gasteiger partial charge < -0.3 is 14.5 Å². The number of hydrogen-bond acceptors (Lipinski definition) is 6. The molecule has 0 unspecified atom stereocenters. The average molecular weight is 393 g/mol. The lowest BCUT2D eigenvalue weighted by atomic mass is 10.2. The van der Waals surface area contributed by atoms with E-state index in [1.54, 1.807) is 30.5 Å². The molecule has 2 aromatic heterocycles. The summed E-state index contributed by atoms with van der Waals surface area (Å²) in [6.45, 7) is 2.52. The normalized spacial score (nSPS) is 10.7. The Bertz CT molecular complexity index is 867. The van der Waals surface area contributed by atoms with Gasteiger partial charge in [-0.2, -0.15) is 0 Å². The van der Waals surface area contributed by atoms with Gasteiger partial charge in [0.2, 0.25) is 11.1 Å². The van der Waals surface area contributed by atoms with E-state index < -0.39 is 0 Å². The Kier molecular flexibility index (Phi) is 6.19. The fourth-order valence-electron chi connectivity index (χ4n) is 2.05. The highest BCUT2D eigenvalue weighted by atomic mass is 35.5. The van der Waals surface area contributed by atoms with Crippen LogP contribution in [0, 0.1) is 6.92 Å². The van der Waals surface area contributed by atoms with Crippen molar-refractivity contribution in [2.75, 3.05) is 5.75 Å². The number of benzene rings is 1. The number of aryl methyl sites for hydroxylation is 1. The van der Waals surface area contributed by atoms with Crippen LogP contribution < -0.4 is 10.1 Å². The van der Waals surface area contributed by atoms with E-state index in [1.165, 1.54) is 11.8 Å². The molecule has 0 saturated carbocycles. The van der Waals surface area contributed by atoms with Gasteiger partial charge in [-0.25, -0.2) is 4.98 Å². The van der Waals surface area contributed by atoms with Crippen molar-refractivity contribution in [1.29, 1.82) is 0 Å². The van der Waals surface area contributed by atoms with Crippen LogP contribution in [0.5, 0.6) is 5.75 Å². The molecule has 0 aliphatic carbocycles. The molecule has 0 saturated heterocycles. The van der Waals surface area contributed by atoms with E-state index in [9.17, 15) is 4.79 Å². The molecule has 0 fully saturated rings. The maximum atomic E-state index is 11.8. The minimum absolute atomic E-state index is 0.120. The Hall–Kier alpha value is -2.45. The highest BCUT2D eigenvalue weighted by molar-refractivity contribution is 7.99. The third-order valence-electron chi connectivity index (χ3n) is 3.39. The first-order valence-electron chi connectivity index (χ1n) is 7.82. The molecule has 3 aromatic rings. The van der Waals surface area contributed by atoms with Gasteiger partial charge in [-0.3, -0.25) is 9.89 Å². The van der Waals surface area contributed by atoms with Gasteiger partial charge in [-0.1, -0.05) is 23.4 Å². The number of nitrogens with one attached hydrogen (secondary N) is 2. The van der Waals surface area contributed by atoms with Crippen molar-refractivity contribution in [2.24, 2.45) is 0 Å². The van der Waals surface area contributed by atoms with E-state index in [0.717, 1.165) is 5.56 Å². The largest absolute Gasteiger partial charge is 0.486 e. The van der Waals surface area contributed by atoms with E-state index in [1.807, 2.05) is 13.0 Å². The highest BCUT2D eigenvalue weighted by Gasteiger charge is 2.09. The molecule has 3 rings (SSSR count). The summed E-state index contributed by atoms with van der Waals surface area (Å²) in [7, 11) is 0. The lowest BCUT2D eigenvalue weighted by molar-refractivity contribution is -0.118. The van der Waals surface area contributed by atoms with Crippen molar-refractivity contribution < 1.29 is 13.9 Å². The lowest BCUT2D eigenvalue weighted by Gasteiger charge is -2.05. The molecule has 7 nitrogen and oxygen atoms in total. The van der Waals surface area contributed by atoms with Crippen LogP contribution >= 0.6 is 23.4 Å². The molecule has 26 heavy (non-hydrogen) atoms. The number of ether oxygens (including phenoxy) is 1. The van der Waals surface area contributed by atoms with Crippen molar-refractivity contribution in [3.05, 3.63) is 58.8 Å². The molecule has 1 aromatic carbocycles. The minimum Gasteiger partial charge on any atom is -0.486 e. The highest BCUT2D eigenvalue weighted by Crippen LogP contribution is 2.21. The molecule has 1 amide bonds. The summed E-state index contributed by atoms with van der Waals surface area (Å²) in [5, 5.41) is 10.8. The molecular formula is C17H17ClN4O3S. The van der Waals surface area contributed by atoms with Crippen LogP contribution in [0.2, 0.25) is 5.02 Å². The third kappa shape index (κ3) is 5.27. The first-order valence-corrected chi connectivity index (χ1v) is 9.18. The van der Waals surface area contributed by atoms with Crippen LogP contribution in [0.25, 0.3) is 0 Å². The van der Waals surface area contributed by atoms with Gasteiger partial charge in [0.25, 0.3) is 0 Å². The zero-order valence-corrected chi connectivity index (χ0v) is 15.6. The fraction of sp³-hybridized carbons (Fsp3) is 0.235. The average Bonchev–Trinajstić information content (AvgIpc) is 3.31. The number of carbonyl (C=O) groups is 1. The number of carbonyl (C=O) groups excluding carboxylic acids is 1. The quantitative estimate of drug-likeness (QED) is 0.571. The van der Waals surface area contributed by atoms with Gasteiger partial charge in [0.15, 0.2) is 5.82 Å². The van der Waals surface area contributed by atoms with Crippen LogP contribution in [0.3, 0.4) is 0 Å². The number of nitrogens with zero attached hydrogens (tertiary/aromatic N) is 2. The monoisotopic (exact) mass is 392 g/mol. The Morgan fingerprint density at radius 1 is 1.42 bits per heavy atom. The number of hydrogen-bond donors (Lipinski definition) is 2. The van der Waals surface area contributed by atoms with Crippen LogP contribution in [-0.2, 0) is 17.9 Å². The Labute approximate surface area is 159 Å². The molecule has 0 bridgehead atoms. The predicted octanol–water partition coefficient (Wildman–Crippen LogP) is 3.35. The summed E-state index contributed by atoms with van der Waals surface area (Å²) in [4.78, 5) is 16.1. The molecular weight excluding hydrogens is 376 g/mol. The smallest absolute Gasteiger partial charge is 0.230 e. The predicted molar refractivity (Wildman–Crippen MR) is 98.2 cm³/mol. The number of aromatic amines is 1. The second-order valence-electron chi connectivity index (χ2n) is 5.41. The summed E-state index contributed by atoms with van der Waals surface area (Å²) < 4.78 is 10.8. The maximum Gasteiger partial charge on any atom is 0.230 e.